The Morgan fingerprint density at radius 1 is 1.43 bits per heavy atom. The van der Waals surface area contributed by atoms with Gasteiger partial charge in [0.1, 0.15) is 5.69 Å². The molecule has 7 heteroatoms. The molecule has 1 amide bonds. The van der Waals surface area contributed by atoms with Gasteiger partial charge in [0.05, 0.1) is 4.92 Å². The predicted molar refractivity (Wildman–Crippen MR) is 83.8 cm³/mol. The zero-order valence-corrected chi connectivity index (χ0v) is 13.0. The van der Waals surface area contributed by atoms with E-state index in [9.17, 15) is 14.9 Å². The van der Waals surface area contributed by atoms with Crippen molar-refractivity contribution in [3.63, 3.8) is 0 Å². The van der Waals surface area contributed by atoms with E-state index in [1.807, 2.05) is 7.05 Å². The molecule has 0 unspecified atom stereocenters. The third kappa shape index (κ3) is 6.10. The lowest BCUT2D eigenvalue weighted by atomic mass is 10.2. The highest BCUT2D eigenvalue weighted by atomic mass is 35.5. The number of amides is 1. The van der Waals surface area contributed by atoms with Crippen LogP contribution >= 0.6 is 11.6 Å². The first-order valence-electron chi connectivity index (χ1n) is 6.86. The molecular formula is C14H20ClN3O3. The third-order valence-electron chi connectivity index (χ3n) is 3.04. The van der Waals surface area contributed by atoms with Crippen LogP contribution in [0.2, 0.25) is 5.02 Å². The van der Waals surface area contributed by atoms with Crippen LogP contribution in [0.25, 0.3) is 0 Å². The topological polar surface area (TPSA) is 75.5 Å². The van der Waals surface area contributed by atoms with Crippen molar-refractivity contribution >= 4 is 28.9 Å². The van der Waals surface area contributed by atoms with Crippen LogP contribution in [0.4, 0.5) is 11.4 Å². The molecule has 1 rings (SSSR count). The summed E-state index contributed by atoms with van der Waals surface area (Å²) in [7, 11) is 1.95. The Labute approximate surface area is 129 Å². The van der Waals surface area contributed by atoms with Crippen molar-refractivity contribution in [3.8, 4) is 0 Å². The molecule has 0 heterocycles. The van der Waals surface area contributed by atoms with E-state index in [4.69, 9.17) is 11.6 Å². The molecule has 0 aliphatic carbocycles. The lowest BCUT2D eigenvalue weighted by Gasteiger charge is -2.15. The monoisotopic (exact) mass is 313 g/mol. The predicted octanol–water partition coefficient (Wildman–Crippen LogP) is 3.31. The van der Waals surface area contributed by atoms with E-state index in [0.717, 1.165) is 19.4 Å². The summed E-state index contributed by atoms with van der Waals surface area (Å²) in [6, 6.07) is 4.18. The summed E-state index contributed by atoms with van der Waals surface area (Å²) in [5.74, 6) is -0.247. The zero-order chi connectivity index (χ0) is 15.8. The van der Waals surface area contributed by atoms with Gasteiger partial charge in [0.2, 0.25) is 5.91 Å². The van der Waals surface area contributed by atoms with Crippen LogP contribution in [0.3, 0.4) is 0 Å². The van der Waals surface area contributed by atoms with Crippen LogP contribution in [-0.4, -0.2) is 35.9 Å². The lowest BCUT2D eigenvalue weighted by molar-refractivity contribution is -0.383. The molecule has 0 saturated heterocycles. The van der Waals surface area contributed by atoms with E-state index < -0.39 is 4.92 Å². The molecule has 0 spiro atoms. The van der Waals surface area contributed by atoms with E-state index in [1.54, 1.807) is 0 Å². The maximum atomic E-state index is 11.9. The van der Waals surface area contributed by atoms with E-state index in [1.165, 1.54) is 18.2 Å². The van der Waals surface area contributed by atoms with Gasteiger partial charge < -0.3 is 10.2 Å². The third-order valence-corrected chi connectivity index (χ3v) is 3.28. The Hall–Kier alpha value is -1.66. The average Bonchev–Trinajstić information content (AvgIpc) is 2.44. The molecule has 116 valence electrons. The summed E-state index contributed by atoms with van der Waals surface area (Å²) >= 11 is 5.72. The molecule has 1 aromatic rings. The molecule has 1 aromatic carbocycles. The first kappa shape index (κ1) is 17.4. The second-order valence-electron chi connectivity index (χ2n) is 4.87. The standard InChI is InChI=1S/C14H20ClN3O3/c1-3-4-8-17(2)9-7-14(19)16-12-6-5-11(15)10-13(12)18(20)21/h5-6,10H,3-4,7-9H2,1-2H3,(H,16,19). The number of carbonyl (C=O) groups excluding carboxylic acids is 1. The quantitative estimate of drug-likeness (QED) is 0.590. The van der Waals surface area contributed by atoms with Gasteiger partial charge in [0.25, 0.3) is 5.69 Å². The number of unbranched alkanes of at least 4 members (excludes halogenated alkanes) is 1. The molecule has 0 fully saturated rings. The highest BCUT2D eigenvalue weighted by molar-refractivity contribution is 6.31. The number of benzene rings is 1. The number of nitrogens with zero attached hydrogens (tertiary/aromatic N) is 2. The number of nitrogens with one attached hydrogen (secondary N) is 1. The van der Waals surface area contributed by atoms with E-state index in [2.05, 4.69) is 17.1 Å². The number of carbonyl (C=O) groups is 1. The van der Waals surface area contributed by atoms with Crippen molar-refractivity contribution in [1.82, 2.24) is 4.90 Å². The highest BCUT2D eigenvalue weighted by Crippen LogP contribution is 2.27. The van der Waals surface area contributed by atoms with Crippen LogP contribution in [0.5, 0.6) is 0 Å². The van der Waals surface area contributed by atoms with E-state index >= 15 is 0 Å². The van der Waals surface area contributed by atoms with Gasteiger partial charge in [-0.2, -0.15) is 0 Å². The second kappa shape index (κ2) is 8.59. The summed E-state index contributed by atoms with van der Waals surface area (Å²) in [5.41, 5.74) is -0.0270. The normalized spacial score (nSPS) is 10.7. The van der Waals surface area contributed by atoms with Crippen molar-refractivity contribution in [1.29, 1.82) is 0 Å². The van der Waals surface area contributed by atoms with Crippen molar-refractivity contribution < 1.29 is 9.72 Å². The SMILES string of the molecule is CCCCN(C)CCC(=O)Nc1ccc(Cl)cc1[N+](=O)[O-]. The number of hydrogen-bond donors (Lipinski definition) is 1. The number of nitro benzene ring substituents is 1. The molecule has 0 saturated carbocycles. The Morgan fingerprint density at radius 2 is 2.14 bits per heavy atom. The fourth-order valence-electron chi connectivity index (χ4n) is 1.81. The molecule has 0 atom stereocenters. The van der Waals surface area contributed by atoms with Gasteiger partial charge in [-0.15, -0.1) is 0 Å². The Balaban J connectivity index is 2.57. The van der Waals surface area contributed by atoms with E-state index in [0.29, 0.717) is 13.0 Å². The summed E-state index contributed by atoms with van der Waals surface area (Å²) in [4.78, 5) is 24.3. The van der Waals surface area contributed by atoms with Gasteiger partial charge in [-0.25, -0.2) is 0 Å². The zero-order valence-electron chi connectivity index (χ0n) is 12.3. The smallest absolute Gasteiger partial charge is 0.294 e. The van der Waals surface area contributed by atoms with Crippen LogP contribution < -0.4 is 5.32 Å². The van der Waals surface area contributed by atoms with Gasteiger partial charge in [-0.3, -0.25) is 14.9 Å². The van der Waals surface area contributed by atoms with Crippen LogP contribution in [-0.2, 0) is 4.79 Å². The van der Waals surface area contributed by atoms with Crippen LogP contribution in [0.1, 0.15) is 26.2 Å². The van der Waals surface area contributed by atoms with Crippen molar-refractivity contribution in [2.24, 2.45) is 0 Å². The minimum atomic E-state index is -0.561. The summed E-state index contributed by atoms with van der Waals surface area (Å²) in [6.45, 7) is 3.66. The Morgan fingerprint density at radius 3 is 2.76 bits per heavy atom. The number of nitro groups is 1. The van der Waals surface area contributed by atoms with Gasteiger partial charge in [-0.1, -0.05) is 24.9 Å². The van der Waals surface area contributed by atoms with Crippen molar-refractivity contribution in [3.05, 3.63) is 33.3 Å². The summed E-state index contributed by atoms with van der Waals surface area (Å²) in [6.07, 6.45) is 2.48. The van der Waals surface area contributed by atoms with Crippen molar-refractivity contribution in [2.75, 3.05) is 25.5 Å². The first-order valence-corrected chi connectivity index (χ1v) is 7.24. The molecule has 21 heavy (non-hydrogen) atoms. The number of halogens is 1. The summed E-state index contributed by atoms with van der Waals surface area (Å²) in [5, 5.41) is 13.8. The molecule has 0 aromatic heterocycles. The summed E-state index contributed by atoms with van der Waals surface area (Å²) < 4.78 is 0. The lowest BCUT2D eigenvalue weighted by Crippen LogP contribution is -2.25. The van der Waals surface area contributed by atoms with Gasteiger partial charge in [-0.05, 0) is 32.1 Å². The Kier molecular flexibility index (Phi) is 7.11. The molecule has 6 nitrogen and oxygen atoms in total. The maximum Gasteiger partial charge on any atom is 0.294 e. The number of rotatable bonds is 8. The average molecular weight is 314 g/mol. The second-order valence-corrected chi connectivity index (χ2v) is 5.31. The van der Waals surface area contributed by atoms with Crippen LogP contribution in [0.15, 0.2) is 18.2 Å². The fourth-order valence-corrected chi connectivity index (χ4v) is 1.97. The first-order chi connectivity index (χ1) is 9.93. The molecule has 0 bridgehead atoms. The molecule has 1 N–H and O–H groups in total. The van der Waals surface area contributed by atoms with Gasteiger partial charge in [0.15, 0.2) is 0 Å². The largest absolute Gasteiger partial charge is 0.320 e. The Bertz CT molecular complexity index is 508. The van der Waals surface area contributed by atoms with E-state index in [-0.39, 0.29) is 22.3 Å². The maximum absolute atomic E-state index is 11.9. The van der Waals surface area contributed by atoms with Gasteiger partial charge in [0, 0.05) is 24.1 Å². The van der Waals surface area contributed by atoms with Gasteiger partial charge >= 0.3 is 0 Å². The number of anilines is 1. The van der Waals surface area contributed by atoms with Crippen molar-refractivity contribution in [2.45, 2.75) is 26.2 Å². The molecular weight excluding hydrogens is 294 g/mol. The molecule has 0 aliphatic rings. The molecule has 0 aliphatic heterocycles. The van der Waals surface area contributed by atoms with Crippen LogP contribution in [0, 0.1) is 10.1 Å². The minimum absolute atomic E-state index is 0.172. The number of hydrogen-bond acceptors (Lipinski definition) is 4. The minimum Gasteiger partial charge on any atom is -0.320 e. The fraction of sp³-hybridized carbons (Fsp3) is 0.500. The highest BCUT2D eigenvalue weighted by Gasteiger charge is 2.16. The molecule has 0 radical (unpaired) electrons.